The van der Waals surface area contributed by atoms with Gasteiger partial charge in [0.1, 0.15) is 0 Å². The number of hydrogen-bond donors (Lipinski definition) is 3. The second kappa shape index (κ2) is 11.3. The summed E-state index contributed by atoms with van der Waals surface area (Å²) >= 11 is 0. The van der Waals surface area contributed by atoms with Gasteiger partial charge < -0.3 is 10.6 Å². The number of benzene rings is 2. The van der Waals surface area contributed by atoms with E-state index in [0.29, 0.717) is 13.1 Å². The van der Waals surface area contributed by atoms with Crippen LogP contribution in [0.15, 0.2) is 58.4 Å². The summed E-state index contributed by atoms with van der Waals surface area (Å²) < 4.78 is 22.5. The number of sulfonamides is 1. The molecule has 0 saturated carbocycles. The van der Waals surface area contributed by atoms with Gasteiger partial charge in [-0.2, -0.15) is 0 Å². The van der Waals surface area contributed by atoms with Gasteiger partial charge in [0.15, 0.2) is 5.96 Å². The van der Waals surface area contributed by atoms with Gasteiger partial charge in [-0.05, 0) is 41.7 Å². The zero-order chi connectivity index (χ0) is 19.0. The van der Waals surface area contributed by atoms with Gasteiger partial charge in [0.05, 0.1) is 4.90 Å². The van der Waals surface area contributed by atoms with Gasteiger partial charge in [0.2, 0.25) is 10.0 Å². The van der Waals surface area contributed by atoms with Crippen LogP contribution in [0.5, 0.6) is 0 Å². The van der Waals surface area contributed by atoms with Crippen molar-refractivity contribution in [2.45, 2.75) is 31.2 Å². The van der Waals surface area contributed by atoms with Crippen molar-refractivity contribution in [3.05, 3.63) is 65.2 Å². The maximum atomic E-state index is 11.3. The van der Waals surface area contributed by atoms with Crippen LogP contribution in [0.25, 0.3) is 0 Å². The minimum absolute atomic E-state index is 0. The monoisotopic (exact) mass is 502 g/mol. The lowest BCUT2D eigenvalue weighted by molar-refractivity contribution is 0.598. The van der Waals surface area contributed by atoms with E-state index < -0.39 is 10.0 Å². The zero-order valence-corrected chi connectivity index (χ0v) is 18.8. The summed E-state index contributed by atoms with van der Waals surface area (Å²) in [7, 11) is -1.90. The largest absolute Gasteiger partial charge is 0.356 e. The number of hydrogen-bond acceptors (Lipinski definition) is 3. The Hall–Kier alpha value is -1.65. The van der Waals surface area contributed by atoms with E-state index in [1.54, 1.807) is 19.2 Å². The third-order valence-corrected chi connectivity index (χ3v) is 5.06. The van der Waals surface area contributed by atoms with Crippen LogP contribution in [0.2, 0.25) is 0 Å². The lowest BCUT2D eigenvalue weighted by atomic mass is 10.1. The quantitative estimate of drug-likeness (QED) is 0.308. The first-order valence-electron chi connectivity index (χ1n) is 8.57. The molecule has 0 fully saturated rings. The predicted octanol–water partition coefficient (Wildman–Crippen LogP) is 2.42. The number of halogens is 1. The SMILES string of the molecule is CCc1ccccc1CNC(=NC)NCCc1ccc(S(N)(=O)=O)cc1.I. The number of nitrogens with one attached hydrogen (secondary N) is 2. The van der Waals surface area contributed by atoms with Gasteiger partial charge in [-0.1, -0.05) is 43.3 Å². The van der Waals surface area contributed by atoms with Gasteiger partial charge in [0.25, 0.3) is 0 Å². The summed E-state index contributed by atoms with van der Waals surface area (Å²) in [5.41, 5.74) is 3.61. The van der Waals surface area contributed by atoms with E-state index in [0.717, 1.165) is 24.4 Å². The summed E-state index contributed by atoms with van der Waals surface area (Å²) in [5.74, 6) is 0.733. The van der Waals surface area contributed by atoms with Crippen LogP contribution in [-0.4, -0.2) is 28.0 Å². The smallest absolute Gasteiger partial charge is 0.238 e. The summed E-state index contributed by atoms with van der Waals surface area (Å²) in [6.45, 7) is 3.55. The first kappa shape index (κ1) is 23.4. The summed E-state index contributed by atoms with van der Waals surface area (Å²) in [4.78, 5) is 4.36. The molecule has 0 saturated heterocycles. The van der Waals surface area contributed by atoms with Gasteiger partial charge >= 0.3 is 0 Å². The van der Waals surface area contributed by atoms with E-state index in [1.807, 2.05) is 6.07 Å². The van der Waals surface area contributed by atoms with E-state index in [1.165, 1.54) is 23.3 Å². The molecule has 0 amide bonds. The number of guanidine groups is 1. The number of primary sulfonamides is 1. The lowest BCUT2D eigenvalue weighted by Gasteiger charge is -2.14. The van der Waals surface area contributed by atoms with Crippen molar-refractivity contribution in [1.29, 1.82) is 0 Å². The molecule has 0 radical (unpaired) electrons. The van der Waals surface area contributed by atoms with Gasteiger partial charge in [-0.3, -0.25) is 4.99 Å². The van der Waals surface area contributed by atoms with Gasteiger partial charge in [-0.15, -0.1) is 24.0 Å². The molecule has 0 aromatic heterocycles. The van der Waals surface area contributed by atoms with Crippen LogP contribution in [0.3, 0.4) is 0 Å². The summed E-state index contributed by atoms with van der Waals surface area (Å²) in [6.07, 6.45) is 1.75. The third-order valence-electron chi connectivity index (χ3n) is 4.13. The van der Waals surface area contributed by atoms with Crippen LogP contribution in [0, 0.1) is 0 Å². The van der Waals surface area contributed by atoms with Gasteiger partial charge in [0, 0.05) is 20.1 Å². The first-order valence-corrected chi connectivity index (χ1v) is 10.1. The molecule has 0 atom stereocenters. The zero-order valence-electron chi connectivity index (χ0n) is 15.6. The standard InChI is InChI=1S/C19H26N4O2S.HI/c1-3-16-6-4-5-7-17(16)14-23-19(21-2)22-13-12-15-8-10-18(11-9-15)26(20,24)25;/h4-11H,3,12-14H2,1-2H3,(H2,20,24,25)(H2,21,22,23);1H. The van der Waals surface area contributed by atoms with Crippen LogP contribution in [0.1, 0.15) is 23.6 Å². The molecule has 0 aliphatic carbocycles. The van der Waals surface area contributed by atoms with Crippen molar-refractivity contribution >= 4 is 40.0 Å². The Morgan fingerprint density at radius 2 is 1.67 bits per heavy atom. The fourth-order valence-electron chi connectivity index (χ4n) is 2.65. The maximum absolute atomic E-state index is 11.3. The second-order valence-corrected chi connectivity index (χ2v) is 7.48. The molecule has 0 heterocycles. The Morgan fingerprint density at radius 3 is 2.22 bits per heavy atom. The van der Waals surface area contributed by atoms with E-state index in [-0.39, 0.29) is 28.9 Å². The van der Waals surface area contributed by atoms with E-state index >= 15 is 0 Å². The number of rotatable bonds is 7. The van der Waals surface area contributed by atoms with E-state index in [2.05, 4.69) is 40.7 Å². The fourth-order valence-corrected chi connectivity index (χ4v) is 3.16. The fraction of sp³-hybridized carbons (Fsp3) is 0.316. The van der Waals surface area contributed by atoms with Crippen LogP contribution in [-0.2, 0) is 29.4 Å². The van der Waals surface area contributed by atoms with Crippen molar-refractivity contribution < 1.29 is 8.42 Å². The van der Waals surface area contributed by atoms with Crippen molar-refractivity contribution in [2.24, 2.45) is 10.1 Å². The predicted molar refractivity (Wildman–Crippen MR) is 121 cm³/mol. The van der Waals surface area contributed by atoms with Crippen molar-refractivity contribution in [1.82, 2.24) is 10.6 Å². The number of nitrogens with zero attached hydrogens (tertiary/aromatic N) is 1. The molecule has 6 nitrogen and oxygen atoms in total. The highest BCUT2D eigenvalue weighted by molar-refractivity contribution is 14.0. The van der Waals surface area contributed by atoms with E-state index in [9.17, 15) is 8.42 Å². The average molecular weight is 502 g/mol. The molecule has 2 aromatic rings. The Labute approximate surface area is 178 Å². The Morgan fingerprint density at radius 1 is 1.04 bits per heavy atom. The minimum atomic E-state index is -3.64. The maximum Gasteiger partial charge on any atom is 0.238 e. The van der Waals surface area contributed by atoms with Crippen LogP contribution < -0.4 is 15.8 Å². The molecular formula is C19H27IN4O2S. The number of aryl methyl sites for hydroxylation is 1. The molecule has 27 heavy (non-hydrogen) atoms. The van der Waals surface area contributed by atoms with Crippen molar-refractivity contribution in [3.63, 3.8) is 0 Å². The highest BCUT2D eigenvalue weighted by Gasteiger charge is 2.07. The Balaban J connectivity index is 0.00000364. The molecule has 0 aliphatic heterocycles. The molecular weight excluding hydrogens is 475 g/mol. The number of aliphatic imine (C=N–C) groups is 1. The molecule has 4 N–H and O–H groups in total. The molecule has 2 aromatic carbocycles. The van der Waals surface area contributed by atoms with Gasteiger partial charge in [-0.25, -0.2) is 13.6 Å². The topological polar surface area (TPSA) is 96.6 Å². The molecule has 148 valence electrons. The highest BCUT2D eigenvalue weighted by Crippen LogP contribution is 2.10. The Bertz CT molecular complexity index is 852. The van der Waals surface area contributed by atoms with Crippen LogP contribution >= 0.6 is 24.0 Å². The molecule has 0 bridgehead atoms. The Kier molecular flexibility index (Phi) is 9.75. The average Bonchev–Trinajstić information content (AvgIpc) is 2.64. The second-order valence-electron chi connectivity index (χ2n) is 5.91. The first-order chi connectivity index (χ1) is 12.4. The summed E-state index contributed by atoms with van der Waals surface area (Å²) in [6, 6.07) is 14.9. The molecule has 8 heteroatoms. The lowest BCUT2D eigenvalue weighted by Crippen LogP contribution is -2.38. The normalized spacial score (nSPS) is 11.6. The molecule has 0 spiro atoms. The molecule has 0 unspecified atom stereocenters. The summed E-state index contributed by atoms with van der Waals surface area (Å²) in [5, 5.41) is 11.7. The highest BCUT2D eigenvalue weighted by atomic mass is 127. The van der Waals surface area contributed by atoms with Crippen LogP contribution in [0.4, 0.5) is 0 Å². The molecule has 0 aliphatic rings. The molecule has 2 rings (SSSR count). The number of nitrogens with two attached hydrogens (primary N) is 1. The van der Waals surface area contributed by atoms with E-state index in [4.69, 9.17) is 5.14 Å². The third kappa shape index (κ3) is 7.47. The van der Waals surface area contributed by atoms with Crippen molar-refractivity contribution in [3.8, 4) is 0 Å². The minimum Gasteiger partial charge on any atom is -0.356 e. The van der Waals surface area contributed by atoms with Crippen molar-refractivity contribution in [2.75, 3.05) is 13.6 Å².